The third kappa shape index (κ3) is 3.05. The van der Waals surface area contributed by atoms with Crippen LogP contribution in [0.15, 0.2) is 6.20 Å². The molecule has 1 aliphatic rings. The Kier molecular flexibility index (Phi) is 3.98. The SMILES string of the molecule is CCc1ncc(CNC2(C)CCCCC2)s1. The zero-order valence-corrected chi connectivity index (χ0v) is 11.2. The van der Waals surface area contributed by atoms with Gasteiger partial charge in [0, 0.05) is 23.2 Å². The summed E-state index contributed by atoms with van der Waals surface area (Å²) in [5.74, 6) is 0. The molecule has 0 amide bonds. The predicted molar refractivity (Wildman–Crippen MR) is 69.8 cm³/mol. The molecule has 16 heavy (non-hydrogen) atoms. The minimum atomic E-state index is 0.370. The summed E-state index contributed by atoms with van der Waals surface area (Å²) in [6, 6.07) is 0. The fraction of sp³-hybridized carbons (Fsp3) is 0.769. The van der Waals surface area contributed by atoms with Crippen molar-refractivity contribution in [3.8, 4) is 0 Å². The number of nitrogens with zero attached hydrogens (tertiary/aromatic N) is 1. The van der Waals surface area contributed by atoms with Crippen molar-refractivity contribution in [3.63, 3.8) is 0 Å². The van der Waals surface area contributed by atoms with Gasteiger partial charge < -0.3 is 5.32 Å². The van der Waals surface area contributed by atoms with Crippen LogP contribution < -0.4 is 5.32 Å². The fourth-order valence-electron chi connectivity index (χ4n) is 2.40. The molecule has 0 unspecified atom stereocenters. The van der Waals surface area contributed by atoms with Crippen LogP contribution in [0.3, 0.4) is 0 Å². The molecule has 2 rings (SSSR count). The highest BCUT2D eigenvalue weighted by Crippen LogP contribution is 2.28. The first-order valence-corrected chi connectivity index (χ1v) is 7.22. The lowest BCUT2D eigenvalue weighted by Gasteiger charge is -2.34. The molecule has 0 bridgehead atoms. The van der Waals surface area contributed by atoms with E-state index in [0.29, 0.717) is 5.54 Å². The van der Waals surface area contributed by atoms with Crippen LogP contribution in [0.5, 0.6) is 0 Å². The number of hydrogen-bond acceptors (Lipinski definition) is 3. The molecule has 0 atom stereocenters. The maximum atomic E-state index is 4.40. The van der Waals surface area contributed by atoms with E-state index in [1.807, 2.05) is 17.5 Å². The number of nitrogens with one attached hydrogen (secondary N) is 1. The van der Waals surface area contributed by atoms with E-state index in [1.54, 1.807) is 0 Å². The van der Waals surface area contributed by atoms with Gasteiger partial charge in [-0.3, -0.25) is 0 Å². The lowest BCUT2D eigenvalue weighted by atomic mass is 9.83. The molecule has 1 aromatic rings. The van der Waals surface area contributed by atoms with Crippen LogP contribution in [0.4, 0.5) is 0 Å². The molecule has 0 aromatic carbocycles. The molecule has 3 heteroatoms. The van der Waals surface area contributed by atoms with Gasteiger partial charge in [-0.1, -0.05) is 26.2 Å². The van der Waals surface area contributed by atoms with Gasteiger partial charge in [-0.15, -0.1) is 11.3 Å². The number of hydrogen-bond donors (Lipinski definition) is 1. The molecule has 1 aliphatic carbocycles. The molecule has 0 saturated heterocycles. The molecular weight excluding hydrogens is 216 g/mol. The summed E-state index contributed by atoms with van der Waals surface area (Å²) < 4.78 is 0. The van der Waals surface area contributed by atoms with Gasteiger partial charge in [-0.05, 0) is 26.2 Å². The van der Waals surface area contributed by atoms with Crippen LogP contribution in [-0.2, 0) is 13.0 Å². The number of rotatable bonds is 4. The summed E-state index contributed by atoms with van der Waals surface area (Å²) in [7, 11) is 0. The Morgan fingerprint density at radius 3 is 2.75 bits per heavy atom. The average Bonchev–Trinajstić information content (AvgIpc) is 2.75. The molecule has 0 spiro atoms. The molecule has 0 radical (unpaired) electrons. The number of aryl methyl sites for hydroxylation is 1. The summed E-state index contributed by atoms with van der Waals surface area (Å²) in [6.07, 6.45) is 9.92. The van der Waals surface area contributed by atoms with E-state index in [1.165, 1.54) is 42.0 Å². The third-order valence-electron chi connectivity index (χ3n) is 3.55. The first kappa shape index (κ1) is 12.1. The van der Waals surface area contributed by atoms with E-state index < -0.39 is 0 Å². The molecule has 1 fully saturated rings. The van der Waals surface area contributed by atoms with E-state index in [-0.39, 0.29) is 0 Å². The van der Waals surface area contributed by atoms with Gasteiger partial charge in [0.05, 0.1) is 5.01 Å². The van der Waals surface area contributed by atoms with Crippen molar-refractivity contribution >= 4 is 11.3 Å². The van der Waals surface area contributed by atoms with E-state index in [0.717, 1.165) is 13.0 Å². The normalized spacial score (nSPS) is 19.9. The van der Waals surface area contributed by atoms with Gasteiger partial charge in [-0.2, -0.15) is 0 Å². The Hall–Kier alpha value is -0.410. The van der Waals surface area contributed by atoms with Gasteiger partial charge in [0.1, 0.15) is 0 Å². The molecule has 90 valence electrons. The Morgan fingerprint density at radius 2 is 2.12 bits per heavy atom. The van der Waals surface area contributed by atoms with Crippen molar-refractivity contribution in [2.24, 2.45) is 0 Å². The largest absolute Gasteiger partial charge is 0.307 e. The second-order valence-electron chi connectivity index (χ2n) is 5.05. The summed E-state index contributed by atoms with van der Waals surface area (Å²) in [4.78, 5) is 5.78. The maximum absolute atomic E-state index is 4.40. The lowest BCUT2D eigenvalue weighted by molar-refractivity contribution is 0.253. The molecule has 2 nitrogen and oxygen atoms in total. The quantitative estimate of drug-likeness (QED) is 0.868. The van der Waals surface area contributed by atoms with E-state index >= 15 is 0 Å². The molecule has 1 aromatic heterocycles. The molecule has 1 saturated carbocycles. The van der Waals surface area contributed by atoms with Crippen molar-refractivity contribution in [1.82, 2.24) is 10.3 Å². The zero-order chi connectivity index (χ0) is 11.4. The van der Waals surface area contributed by atoms with Crippen LogP contribution in [-0.4, -0.2) is 10.5 Å². The van der Waals surface area contributed by atoms with Crippen molar-refractivity contribution in [2.45, 2.75) is 64.5 Å². The molecular formula is C13H22N2S. The average molecular weight is 238 g/mol. The van der Waals surface area contributed by atoms with Crippen LogP contribution in [0.2, 0.25) is 0 Å². The Bertz CT molecular complexity index is 326. The monoisotopic (exact) mass is 238 g/mol. The molecule has 1 N–H and O–H groups in total. The minimum absolute atomic E-state index is 0.370. The Morgan fingerprint density at radius 1 is 1.38 bits per heavy atom. The second kappa shape index (κ2) is 5.28. The maximum Gasteiger partial charge on any atom is 0.0925 e. The van der Waals surface area contributed by atoms with E-state index in [2.05, 4.69) is 24.1 Å². The Balaban J connectivity index is 1.86. The molecule has 1 heterocycles. The van der Waals surface area contributed by atoms with Gasteiger partial charge >= 0.3 is 0 Å². The van der Waals surface area contributed by atoms with Gasteiger partial charge in [0.15, 0.2) is 0 Å². The van der Waals surface area contributed by atoms with E-state index in [9.17, 15) is 0 Å². The van der Waals surface area contributed by atoms with Crippen molar-refractivity contribution in [2.75, 3.05) is 0 Å². The second-order valence-corrected chi connectivity index (χ2v) is 6.25. The zero-order valence-electron chi connectivity index (χ0n) is 10.4. The fourth-order valence-corrected chi connectivity index (χ4v) is 3.20. The number of thiazole rings is 1. The van der Waals surface area contributed by atoms with Crippen molar-refractivity contribution < 1.29 is 0 Å². The smallest absolute Gasteiger partial charge is 0.0925 e. The summed E-state index contributed by atoms with van der Waals surface area (Å²) in [5.41, 5.74) is 0.370. The predicted octanol–water partition coefficient (Wildman–Crippen LogP) is 3.52. The van der Waals surface area contributed by atoms with Gasteiger partial charge in [-0.25, -0.2) is 4.98 Å². The summed E-state index contributed by atoms with van der Waals surface area (Å²) in [6.45, 7) is 5.53. The van der Waals surface area contributed by atoms with Gasteiger partial charge in [0.25, 0.3) is 0 Å². The van der Waals surface area contributed by atoms with Crippen LogP contribution >= 0.6 is 11.3 Å². The highest BCUT2D eigenvalue weighted by Gasteiger charge is 2.25. The van der Waals surface area contributed by atoms with Crippen LogP contribution in [0, 0.1) is 0 Å². The topological polar surface area (TPSA) is 24.9 Å². The minimum Gasteiger partial charge on any atom is -0.307 e. The van der Waals surface area contributed by atoms with Gasteiger partial charge in [0.2, 0.25) is 0 Å². The third-order valence-corrected chi connectivity index (χ3v) is 4.69. The van der Waals surface area contributed by atoms with E-state index in [4.69, 9.17) is 0 Å². The number of aromatic nitrogens is 1. The first-order valence-electron chi connectivity index (χ1n) is 6.40. The lowest BCUT2D eigenvalue weighted by Crippen LogP contribution is -2.43. The molecule has 0 aliphatic heterocycles. The van der Waals surface area contributed by atoms with Crippen LogP contribution in [0.25, 0.3) is 0 Å². The van der Waals surface area contributed by atoms with Crippen molar-refractivity contribution in [1.29, 1.82) is 0 Å². The summed E-state index contributed by atoms with van der Waals surface area (Å²) >= 11 is 1.85. The standard InChI is InChI=1S/C13H22N2S/c1-3-12-14-9-11(16-12)10-15-13(2)7-5-4-6-8-13/h9,15H,3-8,10H2,1-2H3. The highest BCUT2D eigenvalue weighted by molar-refractivity contribution is 7.11. The summed E-state index contributed by atoms with van der Waals surface area (Å²) in [5, 5.41) is 4.98. The van der Waals surface area contributed by atoms with Crippen LogP contribution in [0.1, 0.15) is 55.8 Å². The Labute approximate surface area is 102 Å². The highest BCUT2D eigenvalue weighted by atomic mass is 32.1. The van der Waals surface area contributed by atoms with Crippen molar-refractivity contribution in [3.05, 3.63) is 16.1 Å². The first-order chi connectivity index (χ1) is 7.72.